The maximum Gasteiger partial charge on any atom is 0.178 e. The van der Waals surface area contributed by atoms with E-state index in [1.165, 1.54) is 0 Å². The molecule has 1 aliphatic heterocycles. The van der Waals surface area contributed by atoms with Crippen LogP contribution in [-0.2, 0) is 0 Å². The zero-order valence-corrected chi connectivity index (χ0v) is 15.9. The van der Waals surface area contributed by atoms with Crippen LogP contribution in [0.5, 0.6) is 5.75 Å². The predicted molar refractivity (Wildman–Crippen MR) is 105 cm³/mol. The maximum atomic E-state index is 6.00. The number of nitrogens with two attached hydrogens (primary N) is 1. The fraction of sp³-hybridized carbons (Fsp3) is 0.294. The molecule has 2 aromatic heterocycles. The number of ether oxygens (including phenoxy) is 1. The lowest BCUT2D eigenvalue weighted by Crippen LogP contribution is -2.37. The Balaban J connectivity index is 1.40. The smallest absolute Gasteiger partial charge is 0.178 e. The molecule has 130 valence electrons. The number of hydrogen-bond donors (Lipinski definition) is 2. The second-order valence-corrected chi connectivity index (χ2v) is 7.92. The number of rotatable bonds is 5. The summed E-state index contributed by atoms with van der Waals surface area (Å²) in [4.78, 5) is 14.3. The number of nitrogens with one attached hydrogen (secondary N) is 1. The summed E-state index contributed by atoms with van der Waals surface area (Å²) in [6.45, 7) is 2.51. The van der Waals surface area contributed by atoms with Crippen LogP contribution in [0.3, 0.4) is 0 Å². The highest BCUT2D eigenvalue weighted by Gasteiger charge is 2.20. The lowest BCUT2D eigenvalue weighted by molar-refractivity contribution is 0.216. The summed E-state index contributed by atoms with van der Waals surface area (Å²) in [6, 6.07) is 9.89. The van der Waals surface area contributed by atoms with Gasteiger partial charge < -0.3 is 15.5 Å². The van der Waals surface area contributed by atoms with E-state index < -0.39 is 0 Å². The summed E-state index contributed by atoms with van der Waals surface area (Å²) in [5.74, 6) is 2.74. The molecule has 1 unspecified atom stereocenters. The highest BCUT2D eigenvalue weighted by atomic mass is 79.9. The molecular formula is C17H18BrN5OS. The Bertz CT molecular complexity index is 869. The first-order valence-corrected chi connectivity index (χ1v) is 9.89. The highest BCUT2D eigenvalue weighted by molar-refractivity contribution is 9.10. The van der Waals surface area contributed by atoms with Crippen LogP contribution in [0.4, 0.5) is 0 Å². The van der Waals surface area contributed by atoms with Crippen LogP contribution in [0.1, 0.15) is 0 Å². The molecule has 1 aliphatic rings. The van der Waals surface area contributed by atoms with Crippen LogP contribution in [0.2, 0.25) is 0 Å². The number of benzene rings is 1. The first kappa shape index (κ1) is 16.8. The van der Waals surface area contributed by atoms with Crippen molar-refractivity contribution >= 4 is 38.9 Å². The standard InChI is InChI=1S/C17H18BrN5OS/c18-12-9-14-16(20-10-12)22-15(21-14)11-1-3-13(4-2-11)24-7-5-23-6-8-25-17(23)19/h1-4,9-10,17H,5-8,19H2,(H,20,21,22). The van der Waals surface area contributed by atoms with Crippen molar-refractivity contribution in [3.8, 4) is 17.1 Å². The van der Waals surface area contributed by atoms with Crippen molar-refractivity contribution in [2.45, 2.75) is 5.50 Å². The van der Waals surface area contributed by atoms with E-state index in [1.54, 1.807) is 18.0 Å². The fourth-order valence-corrected chi connectivity index (χ4v) is 4.10. The topological polar surface area (TPSA) is 80.1 Å². The van der Waals surface area contributed by atoms with Gasteiger partial charge in [0.2, 0.25) is 0 Å². The van der Waals surface area contributed by atoms with Gasteiger partial charge in [0.25, 0.3) is 0 Å². The summed E-state index contributed by atoms with van der Waals surface area (Å²) in [5, 5.41) is 0. The Morgan fingerprint density at radius 1 is 1.36 bits per heavy atom. The number of nitrogens with zero attached hydrogens (tertiary/aromatic N) is 3. The molecule has 1 saturated heterocycles. The third-order valence-electron chi connectivity index (χ3n) is 4.11. The lowest BCUT2D eigenvalue weighted by Gasteiger charge is -2.19. The summed E-state index contributed by atoms with van der Waals surface area (Å²) in [6.07, 6.45) is 1.74. The van der Waals surface area contributed by atoms with Crippen molar-refractivity contribution < 1.29 is 4.74 Å². The zero-order valence-electron chi connectivity index (χ0n) is 13.5. The molecule has 1 atom stereocenters. The average Bonchev–Trinajstić information content (AvgIpc) is 3.21. The second kappa shape index (κ2) is 7.33. The Morgan fingerprint density at radius 2 is 2.20 bits per heavy atom. The summed E-state index contributed by atoms with van der Waals surface area (Å²) < 4.78 is 6.75. The van der Waals surface area contributed by atoms with Crippen LogP contribution in [-0.4, -0.2) is 50.8 Å². The third-order valence-corrected chi connectivity index (χ3v) is 5.60. The number of halogens is 1. The molecule has 6 nitrogen and oxygen atoms in total. The number of hydrogen-bond acceptors (Lipinski definition) is 6. The molecule has 0 saturated carbocycles. The number of imidazole rings is 1. The minimum atomic E-state index is 0.104. The third kappa shape index (κ3) is 3.82. The Labute approximate surface area is 158 Å². The van der Waals surface area contributed by atoms with Crippen LogP contribution in [0.25, 0.3) is 22.6 Å². The molecule has 1 fully saturated rings. The van der Waals surface area contributed by atoms with Gasteiger partial charge in [-0.2, -0.15) is 0 Å². The van der Waals surface area contributed by atoms with Gasteiger partial charge in [0.1, 0.15) is 23.7 Å². The monoisotopic (exact) mass is 419 g/mol. The van der Waals surface area contributed by atoms with Gasteiger partial charge in [-0.1, -0.05) is 0 Å². The number of thioether (sulfide) groups is 1. The van der Waals surface area contributed by atoms with Gasteiger partial charge in [0, 0.05) is 35.1 Å². The Kier molecular flexibility index (Phi) is 4.93. The molecule has 0 radical (unpaired) electrons. The van der Waals surface area contributed by atoms with Gasteiger partial charge in [-0.05, 0) is 46.3 Å². The maximum absolute atomic E-state index is 6.00. The molecule has 3 N–H and O–H groups in total. The number of pyridine rings is 1. The Morgan fingerprint density at radius 3 is 2.96 bits per heavy atom. The van der Waals surface area contributed by atoms with Gasteiger partial charge in [-0.25, -0.2) is 9.97 Å². The molecule has 3 aromatic rings. The average molecular weight is 420 g/mol. The van der Waals surface area contributed by atoms with Crippen molar-refractivity contribution in [3.05, 3.63) is 41.0 Å². The zero-order chi connectivity index (χ0) is 17.2. The largest absolute Gasteiger partial charge is 0.492 e. The van der Waals surface area contributed by atoms with Gasteiger partial charge in [0.05, 0.1) is 5.52 Å². The minimum absolute atomic E-state index is 0.104. The molecule has 0 bridgehead atoms. The highest BCUT2D eigenvalue weighted by Crippen LogP contribution is 2.24. The van der Waals surface area contributed by atoms with E-state index in [0.29, 0.717) is 12.3 Å². The molecule has 0 amide bonds. The first-order chi connectivity index (χ1) is 12.2. The molecule has 1 aromatic carbocycles. The molecular weight excluding hydrogens is 402 g/mol. The van der Waals surface area contributed by atoms with E-state index in [-0.39, 0.29) is 5.50 Å². The van der Waals surface area contributed by atoms with Crippen molar-refractivity contribution in [2.75, 3.05) is 25.4 Å². The second-order valence-electron chi connectivity index (χ2n) is 5.78. The quantitative estimate of drug-likeness (QED) is 0.661. The van der Waals surface area contributed by atoms with Gasteiger partial charge in [-0.15, -0.1) is 11.8 Å². The van der Waals surface area contributed by atoms with E-state index in [4.69, 9.17) is 10.5 Å². The lowest BCUT2D eigenvalue weighted by atomic mass is 10.2. The number of H-pyrrole nitrogens is 1. The molecule has 4 rings (SSSR count). The van der Waals surface area contributed by atoms with E-state index in [1.807, 2.05) is 30.3 Å². The number of aromatic amines is 1. The molecule has 0 aliphatic carbocycles. The molecule has 0 spiro atoms. The van der Waals surface area contributed by atoms with E-state index in [2.05, 4.69) is 35.8 Å². The summed E-state index contributed by atoms with van der Waals surface area (Å²) in [5.41, 5.74) is 8.72. The van der Waals surface area contributed by atoms with Crippen molar-refractivity contribution in [1.29, 1.82) is 0 Å². The van der Waals surface area contributed by atoms with Crippen LogP contribution >= 0.6 is 27.7 Å². The van der Waals surface area contributed by atoms with Crippen LogP contribution in [0, 0.1) is 0 Å². The summed E-state index contributed by atoms with van der Waals surface area (Å²) in [7, 11) is 0. The normalized spacial score (nSPS) is 18.1. The SMILES string of the molecule is NC1SCCN1CCOc1ccc(-c2nc3ncc(Br)cc3[nH]2)cc1. The van der Waals surface area contributed by atoms with Crippen LogP contribution < -0.4 is 10.5 Å². The molecule has 8 heteroatoms. The van der Waals surface area contributed by atoms with Crippen molar-refractivity contribution in [3.63, 3.8) is 0 Å². The Hall–Kier alpha value is -1.61. The van der Waals surface area contributed by atoms with Crippen molar-refractivity contribution in [1.82, 2.24) is 19.9 Å². The molecule has 25 heavy (non-hydrogen) atoms. The predicted octanol–water partition coefficient (Wildman–Crippen LogP) is 3.06. The van der Waals surface area contributed by atoms with Crippen LogP contribution in [0.15, 0.2) is 41.0 Å². The minimum Gasteiger partial charge on any atom is -0.492 e. The van der Waals surface area contributed by atoms with E-state index in [9.17, 15) is 0 Å². The fourth-order valence-electron chi connectivity index (χ4n) is 2.76. The van der Waals surface area contributed by atoms with E-state index >= 15 is 0 Å². The van der Waals surface area contributed by atoms with Gasteiger partial charge >= 0.3 is 0 Å². The summed E-state index contributed by atoms with van der Waals surface area (Å²) >= 11 is 5.20. The number of aromatic nitrogens is 3. The van der Waals surface area contributed by atoms with Gasteiger partial charge in [0.15, 0.2) is 5.65 Å². The van der Waals surface area contributed by atoms with Crippen molar-refractivity contribution in [2.24, 2.45) is 5.73 Å². The molecule has 3 heterocycles. The number of fused-ring (bicyclic) bond motifs is 1. The van der Waals surface area contributed by atoms with E-state index in [0.717, 1.165) is 46.0 Å². The first-order valence-electron chi connectivity index (χ1n) is 8.05. The van der Waals surface area contributed by atoms with Gasteiger partial charge in [-0.3, -0.25) is 4.90 Å².